The van der Waals surface area contributed by atoms with Crippen molar-refractivity contribution >= 4 is 23.3 Å². The molecule has 3 nitrogen and oxygen atoms in total. The maximum Gasteiger partial charge on any atom is 0.337 e. The number of esters is 1. The Morgan fingerprint density at radius 2 is 2.08 bits per heavy atom. The molecule has 0 atom stereocenters. The van der Waals surface area contributed by atoms with Crippen molar-refractivity contribution < 1.29 is 9.53 Å². The first-order valence-electron chi connectivity index (χ1n) is 3.55. The monoisotopic (exact) mass is 201 g/mol. The van der Waals surface area contributed by atoms with Gasteiger partial charge in [-0.3, -0.25) is 0 Å². The van der Waals surface area contributed by atoms with Crippen LogP contribution in [-0.4, -0.2) is 19.5 Å². The summed E-state index contributed by atoms with van der Waals surface area (Å²) in [7, 11) is 1.34. The van der Waals surface area contributed by atoms with E-state index in [4.69, 9.17) is 5.73 Å². The summed E-state index contributed by atoms with van der Waals surface area (Å²) in [6.45, 7) is 0. The molecule has 0 spiro atoms. The molecule has 13 heavy (non-hydrogen) atoms. The number of carbonyl (C=O) groups excluding carboxylic acids is 1. The largest absolute Gasteiger partial charge is 0.465 e. The third-order valence-corrected chi connectivity index (χ3v) is 1.31. The van der Waals surface area contributed by atoms with Crippen molar-refractivity contribution in [3.63, 3.8) is 0 Å². The standard InChI is InChI=1S/C8H9NO2.CH3Cl/c1-11-8(10)6-3-2-4-7(9)5-6;1-2/h2-5H,9H2,1H3;1H3. The van der Waals surface area contributed by atoms with Gasteiger partial charge in [-0.1, -0.05) is 6.07 Å². The van der Waals surface area contributed by atoms with E-state index in [2.05, 4.69) is 16.3 Å². The van der Waals surface area contributed by atoms with E-state index < -0.39 is 0 Å². The Morgan fingerprint density at radius 1 is 1.46 bits per heavy atom. The van der Waals surface area contributed by atoms with Crippen molar-refractivity contribution in [2.75, 3.05) is 19.2 Å². The van der Waals surface area contributed by atoms with Crippen molar-refractivity contribution in [1.82, 2.24) is 0 Å². The molecule has 1 aromatic carbocycles. The minimum Gasteiger partial charge on any atom is -0.465 e. The third kappa shape index (κ3) is 3.80. The summed E-state index contributed by atoms with van der Waals surface area (Å²) in [6, 6.07) is 6.65. The van der Waals surface area contributed by atoms with Gasteiger partial charge in [0.1, 0.15) is 0 Å². The summed E-state index contributed by atoms with van der Waals surface area (Å²) in [5.41, 5.74) is 6.49. The number of anilines is 1. The summed E-state index contributed by atoms with van der Waals surface area (Å²) in [6.07, 6.45) is 1.47. The van der Waals surface area contributed by atoms with Gasteiger partial charge < -0.3 is 10.5 Å². The quantitative estimate of drug-likeness (QED) is 0.429. The van der Waals surface area contributed by atoms with Crippen LogP contribution in [0.2, 0.25) is 0 Å². The molecule has 2 N–H and O–H groups in total. The lowest BCUT2D eigenvalue weighted by Gasteiger charge is -1.98. The van der Waals surface area contributed by atoms with Gasteiger partial charge in [0.25, 0.3) is 0 Å². The second-order valence-corrected chi connectivity index (χ2v) is 2.12. The molecule has 0 unspecified atom stereocenters. The summed E-state index contributed by atoms with van der Waals surface area (Å²) in [5.74, 6) is -0.364. The molecule has 0 saturated carbocycles. The highest BCUT2D eigenvalue weighted by molar-refractivity contribution is 6.15. The predicted octanol–water partition coefficient (Wildman–Crippen LogP) is 1.91. The minimum atomic E-state index is -0.364. The van der Waals surface area contributed by atoms with Crippen LogP contribution in [0.25, 0.3) is 0 Å². The maximum absolute atomic E-state index is 10.9. The second kappa shape index (κ2) is 6.31. The van der Waals surface area contributed by atoms with Gasteiger partial charge in [-0.15, -0.1) is 11.6 Å². The van der Waals surface area contributed by atoms with Gasteiger partial charge in [0, 0.05) is 12.1 Å². The lowest BCUT2D eigenvalue weighted by molar-refractivity contribution is 0.0601. The SMILES string of the molecule is CCl.COC(=O)c1cccc(N)c1. The van der Waals surface area contributed by atoms with E-state index in [1.807, 2.05) is 0 Å². The number of hydrogen-bond acceptors (Lipinski definition) is 3. The van der Waals surface area contributed by atoms with Crippen LogP contribution in [0.15, 0.2) is 24.3 Å². The lowest BCUT2D eigenvalue weighted by Crippen LogP contribution is -2.01. The van der Waals surface area contributed by atoms with Crippen molar-refractivity contribution in [1.29, 1.82) is 0 Å². The molecule has 0 saturated heterocycles. The number of methoxy groups -OCH3 is 1. The first-order valence-corrected chi connectivity index (χ1v) is 4.31. The van der Waals surface area contributed by atoms with Crippen LogP contribution in [0.3, 0.4) is 0 Å². The first kappa shape index (κ1) is 11.8. The van der Waals surface area contributed by atoms with E-state index in [1.54, 1.807) is 24.3 Å². The number of nitrogen functional groups attached to an aromatic ring is 1. The molecule has 0 radical (unpaired) electrons. The highest BCUT2D eigenvalue weighted by Gasteiger charge is 2.02. The zero-order valence-corrected chi connectivity index (χ0v) is 8.34. The molecule has 0 aliphatic heterocycles. The van der Waals surface area contributed by atoms with Crippen LogP contribution in [-0.2, 0) is 4.74 Å². The molecular weight excluding hydrogens is 190 g/mol. The van der Waals surface area contributed by atoms with Gasteiger partial charge in [0.15, 0.2) is 0 Å². The molecule has 0 aliphatic rings. The predicted molar refractivity (Wildman–Crippen MR) is 54.0 cm³/mol. The van der Waals surface area contributed by atoms with E-state index >= 15 is 0 Å². The number of carbonyl (C=O) groups is 1. The zero-order valence-electron chi connectivity index (χ0n) is 7.58. The summed E-state index contributed by atoms with van der Waals surface area (Å²) >= 11 is 4.64. The van der Waals surface area contributed by atoms with E-state index in [9.17, 15) is 4.79 Å². The maximum atomic E-state index is 10.9. The minimum absolute atomic E-state index is 0.364. The van der Waals surface area contributed by atoms with Gasteiger partial charge in [0.05, 0.1) is 12.7 Å². The number of halogens is 1. The number of hydrogen-bond donors (Lipinski definition) is 1. The first-order chi connectivity index (χ1) is 6.24. The van der Waals surface area contributed by atoms with E-state index in [1.165, 1.54) is 13.5 Å². The zero-order chi connectivity index (χ0) is 10.3. The molecule has 0 bridgehead atoms. The number of rotatable bonds is 1. The van der Waals surface area contributed by atoms with Crippen LogP contribution in [0.1, 0.15) is 10.4 Å². The molecule has 1 aromatic rings. The lowest BCUT2D eigenvalue weighted by atomic mass is 10.2. The average Bonchev–Trinajstić information content (AvgIpc) is 2.20. The number of nitrogens with two attached hydrogens (primary N) is 1. The van der Waals surface area contributed by atoms with Crippen LogP contribution < -0.4 is 5.73 Å². The third-order valence-electron chi connectivity index (χ3n) is 1.31. The van der Waals surface area contributed by atoms with Crippen LogP contribution in [0.4, 0.5) is 5.69 Å². The van der Waals surface area contributed by atoms with Crippen molar-refractivity contribution in [2.24, 2.45) is 0 Å². The topological polar surface area (TPSA) is 52.3 Å². The van der Waals surface area contributed by atoms with E-state index in [0.717, 1.165) is 0 Å². The summed E-state index contributed by atoms with van der Waals surface area (Å²) in [4.78, 5) is 10.9. The normalized spacial score (nSPS) is 8.23. The number of alkyl halides is 1. The molecule has 4 heteroatoms. The number of ether oxygens (including phenoxy) is 1. The van der Waals surface area contributed by atoms with Gasteiger partial charge in [-0.05, 0) is 18.2 Å². The molecule has 0 aliphatic carbocycles. The van der Waals surface area contributed by atoms with E-state index in [-0.39, 0.29) is 5.97 Å². The molecule has 0 amide bonds. The smallest absolute Gasteiger partial charge is 0.337 e. The number of benzene rings is 1. The fourth-order valence-electron chi connectivity index (χ4n) is 0.783. The average molecular weight is 202 g/mol. The van der Waals surface area contributed by atoms with Gasteiger partial charge in [0.2, 0.25) is 0 Å². The van der Waals surface area contributed by atoms with Crippen molar-refractivity contribution in [3.05, 3.63) is 29.8 Å². The van der Waals surface area contributed by atoms with Crippen LogP contribution in [0.5, 0.6) is 0 Å². The highest BCUT2D eigenvalue weighted by Crippen LogP contribution is 2.06. The summed E-state index contributed by atoms with van der Waals surface area (Å²) < 4.78 is 4.50. The second-order valence-electron chi connectivity index (χ2n) is 2.12. The fourth-order valence-corrected chi connectivity index (χ4v) is 0.783. The van der Waals surface area contributed by atoms with Crippen molar-refractivity contribution in [3.8, 4) is 0 Å². The van der Waals surface area contributed by atoms with Gasteiger partial charge >= 0.3 is 5.97 Å². The molecule has 0 fully saturated rings. The highest BCUT2D eigenvalue weighted by atomic mass is 35.5. The Balaban J connectivity index is 0.000000671. The summed E-state index contributed by atoms with van der Waals surface area (Å²) in [5, 5.41) is 0. The van der Waals surface area contributed by atoms with Crippen LogP contribution in [0, 0.1) is 0 Å². The van der Waals surface area contributed by atoms with Crippen LogP contribution >= 0.6 is 11.6 Å². The Bertz CT molecular complexity index is 276. The van der Waals surface area contributed by atoms with E-state index in [0.29, 0.717) is 11.3 Å². The molecule has 0 aromatic heterocycles. The Morgan fingerprint density at radius 3 is 2.54 bits per heavy atom. The van der Waals surface area contributed by atoms with Gasteiger partial charge in [-0.25, -0.2) is 4.79 Å². The Labute approximate surface area is 82.5 Å². The Hall–Kier alpha value is -1.22. The molecule has 1 rings (SSSR count). The molecular formula is C9H12ClNO2. The fraction of sp³-hybridized carbons (Fsp3) is 0.222. The van der Waals surface area contributed by atoms with Gasteiger partial charge in [-0.2, -0.15) is 0 Å². The van der Waals surface area contributed by atoms with Crippen molar-refractivity contribution in [2.45, 2.75) is 0 Å². The molecule has 0 heterocycles. The molecule has 72 valence electrons. The Kier molecular flexibility index (Phi) is 5.72.